The molecule has 0 radical (unpaired) electrons. The van der Waals surface area contributed by atoms with Crippen LogP contribution in [0.25, 0.3) is 0 Å². The number of rotatable bonds is 7. The molecule has 0 spiro atoms. The van der Waals surface area contributed by atoms with Crippen LogP contribution < -0.4 is 5.32 Å². The Balaban J connectivity index is 2.75. The van der Waals surface area contributed by atoms with Crippen molar-refractivity contribution in [1.82, 2.24) is 5.32 Å². The van der Waals surface area contributed by atoms with Gasteiger partial charge in [0.15, 0.2) is 0 Å². The fraction of sp³-hybridized carbons (Fsp3) is 0.538. The number of halogens is 2. The average molecular weight is 308 g/mol. The minimum absolute atomic E-state index is 0.234. The van der Waals surface area contributed by atoms with Crippen molar-refractivity contribution in [3.05, 3.63) is 28.2 Å². The first-order valence-electron chi connectivity index (χ1n) is 6.15. The van der Waals surface area contributed by atoms with E-state index in [1.165, 1.54) is 0 Å². The van der Waals surface area contributed by atoms with Crippen molar-refractivity contribution >= 4 is 34.0 Å². The van der Waals surface area contributed by atoms with Gasteiger partial charge >= 0.3 is 0 Å². The Hall–Kier alpha value is -0.0900. The Morgan fingerprint density at radius 3 is 2.39 bits per heavy atom. The smallest absolute Gasteiger partial charge is 0.0760 e. The molecule has 0 heterocycles. The highest BCUT2D eigenvalue weighted by Gasteiger charge is 2.16. The second-order valence-corrected chi connectivity index (χ2v) is 6.37. The van der Waals surface area contributed by atoms with Crippen molar-refractivity contribution < 1.29 is 4.21 Å². The molecule has 0 fully saturated rings. The van der Waals surface area contributed by atoms with E-state index < -0.39 is 10.8 Å². The second kappa shape index (κ2) is 8.16. The number of hydrogen-bond donors (Lipinski definition) is 1. The Bertz CT molecular complexity index is 392. The zero-order chi connectivity index (χ0) is 13.5. The number of nitrogens with one attached hydrogen (secondary N) is 1. The average Bonchev–Trinajstić information content (AvgIpc) is 2.34. The molecule has 5 heteroatoms. The van der Waals surface area contributed by atoms with E-state index in [1.54, 1.807) is 18.2 Å². The molecule has 1 rings (SSSR count). The molecular weight excluding hydrogens is 289 g/mol. The van der Waals surface area contributed by atoms with Crippen LogP contribution in [0.4, 0.5) is 0 Å². The Morgan fingerprint density at radius 2 is 1.89 bits per heavy atom. The van der Waals surface area contributed by atoms with E-state index in [2.05, 4.69) is 19.2 Å². The molecule has 2 unspecified atom stereocenters. The van der Waals surface area contributed by atoms with E-state index in [1.807, 2.05) is 0 Å². The van der Waals surface area contributed by atoms with Gasteiger partial charge in [-0.1, -0.05) is 43.1 Å². The van der Waals surface area contributed by atoms with Gasteiger partial charge in [-0.25, -0.2) is 0 Å². The maximum absolute atomic E-state index is 12.3. The first-order chi connectivity index (χ1) is 8.60. The molecule has 2 nitrogen and oxygen atoms in total. The van der Waals surface area contributed by atoms with Gasteiger partial charge in [-0.3, -0.25) is 4.21 Å². The molecule has 1 aromatic rings. The van der Waals surface area contributed by atoms with E-state index in [4.69, 9.17) is 23.2 Å². The third kappa shape index (κ3) is 4.54. The Kier molecular flexibility index (Phi) is 7.23. The fourth-order valence-electron chi connectivity index (χ4n) is 1.64. The van der Waals surface area contributed by atoms with Crippen LogP contribution in [0.3, 0.4) is 0 Å². The van der Waals surface area contributed by atoms with Gasteiger partial charge in [-0.05, 0) is 31.5 Å². The molecule has 0 bridgehead atoms. The lowest BCUT2D eigenvalue weighted by atomic mass is 10.2. The first kappa shape index (κ1) is 16.0. The van der Waals surface area contributed by atoms with E-state index in [9.17, 15) is 4.21 Å². The van der Waals surface area contributed by atoms with Gasteiger partial charge in [0.1, 0.15) is 0 Å². The van der Waals surface area contributed by atoms with E-state index in [0.29, 0.717) is 20.7 Å². The molecular formula is C13H19Cl2NOS. The van der Waals surface area contributed by atoms with Crippen LogP contribution in [0.15, 0.2) is 23.1 Å². The summed E-state index contributed by atoms with van der Waals surface area (Å²) in [7, 11) is -1.17. The van der Waals surface area contributed by atoms with Crippen LogP contribution in [0.5, 0.6) is 0 Å². The summed E-state index contributed by atoms with van der Waals surface area (Å²) in [5, 5.41) is 4.34. The summed E-state index contributed by atoms with van der Waals surface area (Å²) in [6, 6.07) is 5.44. The lowest BCUT2D eigenvalue weighted by Crippen LogP contribution is -2.34. The molecule has 0 aliphatic rings. The molecule has 2 atom stereocenters. The molecule has 102 valence electrons. The van der Waals surface area contributed by atoms with Crippen molar-refractivity contribution in [2.45, 2.75) is 37.6 Å². The molecule has 1 N–H and O–H groups in total. The summed E-state index contributed by atoms with van der Waals surface area (Å²) in [5.41, 5.74) is 0. The standard InChI is InChI=1S/C13H19Cl2NOS/c1-3-8-16-10(4-2)9-18(17)13-11(14)6-5-7-12(13)15/h5-7,10,16H,3-4,8-9H2,1-2H3. The van der Waals surface area contributed by atoms with Crippen molar-refractivity contribution in [2.24, 2.45) is 0 Å². The van der Waals surface area contributed by atoms with Crippen LogP contribution in [0.1, 0.15) is 26.7 Å². The maximum atomic E-state index is 12.3. The van der Waals surface area contributed by atoms with Gasteiger partial charge in [0, 0.05) is 11.8 Å². The quantitative estimate of drug-likeness (QED) is 0.828. The highest BCUT2D eigenvalue weighted by atomic mass is 35.5. The van der Waals surface area contributed by atoms with Crippen molar-refractivity contribution in [3.63, 3.8) is 0 Å². The molecule has 0 saturated carbocycles. The number of hydrogen-bond acceptors (Lipinski definition) is 2. The zero-order valence-corrected chi connectivity index (χ0v) is 13.0. The second-order valence-electron chi connectivity index (χ2n) is 4.12. The monoisotopic (exact) mass is 307 g/mol. The summed E-state index contributed by atoms with van der Waals surface area (Å²) in [6.45, 7) is 5.13. The largest absolute Gasteiger partial charge is 0.313 e. The summed E-state index contributed by atoms with van der Waals surface area (Å²) in [6.07, 6.45) is 2.00. The third-order valence-corrected chi connectivity index (χ3v) is 5.13. The normalized spacial score (nSPS) is 14.4. The van der Waals surface area contributed by atoms with Crippen LogP contribution in [-0.2, 0) is 10.8 Å². The van der Waals surface area contributed by atoms with Gasteiger partial charge in [-0.15, -0.1) is 0 Å². The van der Waals surface area contributed by atoms with Gasteiger partial charge in [0.25, 0.3) is 0 Å². The van der Waals surface area contributed by atoms with Crippen molar-refractivity contribution in [3.8, 4) is 0 Å². The lowest BCUT2D eigenvalue weighted by molar-refractivity contribution is 0.534. The first-order valence-corrected chi connectivity index (χ1v) is 8.23. The highest BCUT2D eigenvalue weighted by molar-refractivity contribution is 7.85. The SMILES string of the molecule is CCCNC(CC)CS(=O)c1c(Cl)cccc1Cl. The molecule has 0 amide bonds. The summed E-state index contributed by atoms with van der Waals surface area (Å²) < 4.78 is 12.3. The topological polar surface area (TPSA) is 29.1 Å². The minimum Gasteiger partial charge on any atom is -0.313 e. The van der Waals surface area contributed by atoms with E-state index >= 15 is 0 Å². The summed E-state index contributed by atoms with van der Waals surface area (Å²) >= 11 is 12.1. The fourth-order valence-corrected chi connectivity index (χ4v) is 4.01. The minimum atomic E-state index is -1.17. The van der Waals surface area contributed by atoms with Crippen molar-refractivity contribution in [2.75, 3.05) is 12.3 Å². The molecule has 0 aliphatic heterocycles. The van der Waals surface area contributed by atoms with Crippen LogP contribution in [0, 0.1) is 0 Å². The van der Waals surface area contributed by atoms with E-state index in [-0.39, 0.29) is 6.04 Å². The molecule has 0 aromatic heterocycles. The Morgan fingerprint density at radius 1 is 1.28 bits per heavy atom. The van der Waals surface area contributed by atoms with Gasteiger partial charge < -0.3 is 5.32 Å². The lowest BCUT2D eigenvalue weighted by Gasteiger charge is -2.16. The van der Waals surface area contributed by atoms with Gasteiger partial charge in [0.2, 0.25) is 0 Å². The predicted molar refractivity (Wildman–Crippen MR) is 80.1 cm³/mol. The van der Waals surface area contributed by atoms with Crippen LogP contribution >= 0.6 is 23.2 Å². The number of benzene rings is 1. The van der Waals surface area contributed by atoms with Crippen molar-refractivity contribution in [1.29, 1.82) is 0 Å². The maximum Gasteiger partial charge on any atom is 0.0760 e. The molecule has 0 saturated heterocycles. The van der Waals surface area contributed by atoms with Crippen LogP contribution in [0.2, 0.25) is 10.0 Å². The zero-order valence-electron chi connectivity index (χ0n) is 10.7. The molecule has 18 heavy (non-hydrogen) atoms. The van der Waals surface area contributed by atoms with Crippen LogP contribution in [-0.4, -0.2) is 22.5 Å². The molecule has 1 aromatic carbocycles. The van der Waals surface area contributed by atoms with Gasteiger partial charge in [0.05, 0.1) is 25.7 Å². The summed E-state index contributed by atoms with van der Waals surface area (Å²) in [4.78, 5) is 0.553. The van der Waals surface area contributed by atoms with E-state index in [0.717, 1.165) is 19.4 Å². The highest BCUT2D eigenvalue weighted by Crippen LogP contribution is 2.28. The molecule has 0 aliphatic carbocycles. The Labute approximate surface area is 122 Å². The van der Waals surface area contributed by atoms with Gasteiger partial charge in [-0.2, -0.15) is 0 Å². The third-order valence-electron chi connectivity index (χ3n) is 2.67. The summed E-state index contributed by atoms with van der Waals surface area (Å²) in [5.74, 6) is 0.542. The predicted octanol–water partition coefficient (Wildman–Crippen LogP) is 3.88.